The van der Waals surface area contributed by atoms with Gasteiger partial charge in [-0.15, -0.1) is 0 Å². The molecule has 0 aliphatic carbocycles. The average Bonchev–Trinajstić information content (AvgIpc) is 2.42. The van der Waals surface area contributed by atoms with Crippen molar-refractivity contribution in [1.29, 1.82) is 0 Å². The number of carbonyl (C=O) groups excluding carboxylic acids is 1. The van der Waals surface area contributed by atoms with Gasteiger partial charge in [0.1, 0.15) is 19.3 Å². The summed E-state index contributed by atoms with van der Waals surface area (Å²) in [6.45, 7) is 9.48. The summed E-state index contributed by atoms with van der Waals surface area (Å²) >= 11 is 0. The summed E-state index contributed by atoms with van der Waals surface area (Å²) in [5, 5.41) is 0. The van der Waals surface area contributed by atoms with E-state index in [4.69, 9.17) is 14.2 Å². The SMILES string of the molecule is CCOC(C(=O)c1ccc2c(c1)OCCO2)C(C)(C)C. The molecule has 0 aromatic heterocycles. The van der Waals surface area contributed by atoms with Crippen molar-refractivity contribution < 1.29 is 19.0 Å². The molecule has 2 rings (SSSR count). The van der Waals surface area contributed by atoms with E-state index in [-0.39, 0.29) is 11.2 Å². The van der Waals surface area contributed by atoms with E-state index in [2.05, 4.69) is 0 Å². The van der Waals surface area contributed by atoms with E-state index in [1.807, 2.05) is 27.7 Å². The Morgan fingerprint density at radius 1 is 1.25 bits per heavy atom. The Kier molecular flexibility index (Phi) is 4.33. The largest absolute Gasteiger partial charge is 0.486 e. The molecule has 20 heavy (non-hydrogen) atoms. The third-order valence-electron chi connectivity index (χ3n) is 3.18. The van der Waals surface area contributed by atoms with Gasteiger partial charge in [-0.25, -0.2) is 0 Å². The quantitative estimate of drug-likeness (QED) is 0.794. The topological polar surface area (TPSA) is 44.8 Å². The first-order chi connectivity index (χ1) is 9.43. The third-order valence-corrected chi connectivity index (χ3v) is 3.18. The fourth-order valence-electron chi connectivity index (χ4n) is 2.23. The molecule has 0 N–H and O–H groups in total. The Morgan fingerprint density at radius 2 is 1.90 bits per heavy atom. The molecule has 1 aliphatic rings. The van der Waals surface area contributed by atoms with Crippen LogP contribution < -0.4 is 9.47 Å². The van der Waals surface area contributed by atoms with Gasteiger partial charge in [-0.2, -0.15) is 0 Å². The summed E-state index contributed by atoms with van der Waals surface area (Å²) in [6.07, 6.45) is -0.463. The molecule has 0 radical (unpaired) electrons. The monoisotopic (exact) mass is 278 g/mol. The predicted molar refractivity (Wildman–Crippen MR) is 76.6 cm³/mol. The summed E-state index contributed by atoms with van der Waals surface area (Å²) < 4.78 is 16.6. The second-order valence-electron chi connectivity index (χ2n) is 5.92. The van der Waals surface area contributed by atoms with E-state index in [0.717, 1.165) is 0 Å². The van der Waals surface area contributed by atoms with Crippen molar-refractivity contribution in [3.63, 3.8) is 0 Å². The van der Waals surface area contributed by atoms with Crippen molar-refractivity contribution in [1.82, 2.24) is 0 Å². The van der Waals surface area contributed by atoms with Crippen molar-refractivity contribution in [3.05, 3.63) is 23.8 Å². The number of Topliss-reactive ketones (excluding diaryl/α,β-unsaturated/α-hetero) is 1. The van der Waals surface area contributed by atoms with E-state index in [1.165, 1.54) is 0 Å². The van der Waals surface area contributed by atoms with E-state index in [1.54, 1.807) is 18.2 Å². The van der Waals surface area contributed by atoms with Crippen molar-refractivity contribution >= 4 is 5.78 Å². The highest BCUT2D eigenvalue weighted by molar-refractivity contribution is 6.00. The number of benzene rings is 1. The maximum atomic E-state index is 12.6. The van der Waals surface area contributed by atoms with E-state index >= 15 is 0 Å². The van der Waals surface area contributed by atoms with Crippen molar-refractivity contribution in [3.8, 4) is 11.5 Å². The van der Waals surface area contributed by atoms with Crippen molar-refractivity contribution in [2.45, 2.75) is 33.8 Å². The van der Waals surface area contributed by atoms with E-state index in [9.17, 15) is 4.79 Å². The third kappa shape index (κ3) is 3.12. The van der Waals surface area contributed by atoms with Crippen LogP contribution in [0.4, 0.5) is 0 Å². The molecule has 1 atom stereocenters. The predicted octanol–water partition coefficient (Wildman–Crippen LogP) is 3.09. The Bertz CT molecular complexity index is 488. The van der Waals surface area contributed by atoms with Crippen LogP contribution in [0, 0.1) is 5.41 Å². The zero-order valence-electron chi connectivity index (χ0n) is 12.6. The minimum absolute atomic E-state index is 0.0173. The van der Waals surface area contributed by atoms with Gasteiger partial charge in [0.25, 0.3) is 0 Å². The molecular formula is C16H22O4. The van der Waals surface area contributed by atoms with Crippen molar-refractivity contribution in [2.24, 2.45) is 5.41 Å². The van der Waals surface area contributed by atoms with Crippen molar-refractivity contribution in [2.75, 3.05) is 19.8 Å². The molecule has 1 unspecified atom stereocenters. The highest BCUT2D eigenvalue weighted by Gasteiger charge is 2.33. The van der Waals surface area contributed by atoms with Gasteiger partial charge >= 0.3 is 0 Å². The first-order valence-electron chi connectivity index (χ1n) is 6.99. The smallest absolute Gasteiger partial charge is 0.192 e. The highest BCUT2D eigenvalue weighted by atomic mass is 16.6. The lowest BCUT2D eigenvalue weighted by Gasteiger charge is -2.29. The fraction of sp³-hybridized carbons (Fsp3) is 0.562. The Labute approximate surface area is 120 Å². The van der Waals surface area contributed by atoms with E-state index in [0.29, 0.717) is 36.9 Å². The molecule has 4 heteroatoms. The van der Waals surface area contributed by atoms with Gasteiger partial charge in [0.2, 0.25) is 0 Å². The fourth-order valence-corrected chi connectivity index (χ4v) is 2.23. The average molecular weight is 278 g/mol. The Hall–Kier alpha value is -1.55. The minimum Gasteiger partial charge on any atom is -0.486 e. The van der Waals surface area contributed by atoms with Crippen LogP contribution in [0.15, 0.2) is 18.2 Å². The van der Waals surface area contributed by atoms with Crippen LogP contribution in [0.2, 0.25) is 0 Å². The molecule has 1 aromatic rings. The molecular weight excluding hydrogens is 256 g/mol. The number of ether oxygens (including phenoxy) is 3. The lowest BCUT2D eigenvalue weighted by Crippen LogP contribution is -2.37. The lowest BCUT2D eigenvalue weighted by molar-refractivity contribution is -0.000255. The zero-order chi connectivity index (χ0) is 14.8. The van der Waals surface area contributed by atoms with Crippen LogP contribution in [0.3, 0.4) is 0 Å². The minimum atomic E-state index is -0.463. The number of carbonyl (C=O) groups is 1. The van der Waals surface area contributed by atoms with Gasteiger partial charge in [-0.3, -0.25) is 4.79 Å². The van der Waals surface area contributed by atoms with Gasteiger partial charge in [0.05, 0.1) is 0 Å². The maximum Gasteiger partial charge on any atom is 0.192 e. The summed E-state index contributed by atoms with van der Waals surface area (Å²) in [5.41, 5.74) is 0.350. The Morgan fingerprint density at radius 3 is 2.50 bits per heavy atom. The Balaban J connectivity index is 2.27. The molecule has 0 amide bonds. The second kappa shape index (κ2) is 5.83. The summed E-state index contributed by atoms with van der Waals surface area (Å²) in [4.78, 5) is 12.6. The zero-order valence-corrected chi connectivity index (χ0v) is 12.6. The van der Waals surface area contributed by atoms with Crippen LogP contribution in [-0.2, 0) is 4.74 Å². The van der Waals surface area contributed by atoms with Crippen LogP contribution in [0.5, 0.6) is 11.5 Å². The van der Waals surface area contributed by atoms with Gasteiger partial charge in [0, 0.05) is 12.2 Å². The first kappa shape index (κ1) is 14.9. The van der Waals surface area contributed by atoms with E-state index < -0.39 is 6.10 Å². The summed E-state index contributed by atoms with van der Waals surface area (Å²) in [7, 11) is 0. The molecule has 1 aliphatic heterocycles. The van der Waals surface area contributed by atoms with Gasteiger partial charge in [0.15, 0.2) is 17.3 Å². The first-order valence-corrected chi connectivity index (χ1v) is 6.99. The lowest BCUT2D eigenvalue weighted by atomic mass is 9.84. The standard InChI is InChI=1S/C16H22O4/c1-5-18-15(16(2,3)4)14(17)11-6-7-12-13(10-11)20-9-8-19-12/h6-7,10,15H,5,8-9H2,1-4H3. The van der Waals surface area contributed by atoms with Gasteiger partial charge < -0.3 is 14.2 Å². The molecule has 4 nitrogen and oxygen atoms in total. The number of ketones is 1. The van der Waals surface area contributed by atoms with Crippen LogP contribution in [0.25, 0.3) is 0 Å². The van der Waals surface area contributed by atoms with Crippen LogP contribution >= 0.6 is 0 Å². The van der Waals surface area contributed by atoms with Gasteiger partial charge in [-0.05, 0) is 30.5 Å². The van der Waals surface area contributed by atoms with Gasteiger partial charge in [-0.1, -0.05) is 20.8 Å². The number of hydrogen-bond donors (Lipinski definition) is 0. The molecule has 110 valence electrons. The normalized spacial score (nSPS) is 15.8. The van der Waals surface area contributed by atoms with Crippen LogP contribution in [0.1, 0.15) is 38.1 Å². The molecule has 1 heterocycles. The van der Waals surface area contributed by atoms with Crippen LogP contribution in [-0.4, -0.2) is 31.7 Å². The number of rotatable bonds is 4. The second-order valence-corrected chi connectivity index (χ2v) is 5.92. The molecule has 0 bridgehead atoms. The molecule has 0 saturated carbocycles. The molecule has 1 aromatic carbocycles. The molecule has 0 fully saturated rings. The highest BCUT2D eigenvalue weighted by Crippen LogP contribution is 2.33. The summed E-state index contributed by atoms with van der Waals surface area (Å²) in [5.74, 6) is 1.30. The number of fused-ring (bicyclic) bond motifs is 1. The molecule has 0 spiro atoms. The number of hydrogen-bond acceptors (Lipinski definition) is 4. The maximum absolute atomic E-state index is 12.6. The summed E-state index contributed by atoms with van der Waals surface area (Å²) in [6, 6.07) is 5.30. The molecule has 0 saturated heterocycles.